The largest absolute Gasteiger partial charge is 0.353 e. The van der Waals surface area contributed by atoms with Gasteiger partial charge in [0.2, 0.25) is 5.91 Å². The van der Waals surface area contributed by atoms with Gasteiger partial charge in [0.05, 0.1) is 17.1 Å². The third-order valence-electron chi connectivity index (χ3n) is 5.38. The molecule has 0 saturated heterocycles. The smallest absolute Gasteiger partial charge is 0.278 e. The molecule has 0 aliphatic rings. The fourth-order valence-electron chi connectivity index (χ4n) is 3.45. The fraction of sp³-hybridized carbons (Fsp3) is 0.250. The van der Waals surface area contributed by atoms with Crippen molar-refractivity contribution in [2.75, 3.05) is 5.75 Å². The average Bonchev–Trinajstić information content (AvgIpc) is 3.15. The van der Waals surface area contributed by atoms with Crippen LogP contribution >= 0.6 is 35.3 Å². The van der Waals surface area contributed by atoms with Crippen LogP contribution < -0.4 is 10.9 Å². The normalized spacial score (nSPS) is 12.1. The first-order valence-corrected chi connectivity index (χ1v) is 12.9. The standard InChI is InChI=1S/C24H23FN4O2S3/c1-4-15(3)26-19(30)13-33-23-27-21-20(22(31)29(23)18-12-8-6-10-16(18)25)34-24(32)28(21)17-11-7-5-9-14(17)2/h5-12,15H,4,13H2,1-3H3,(H,26,30)/t15-/m1/s1. The Kier molecular flexibility index (Phi) is 7.30. The number of hydrogen-bond donors (Lipinski definition) is 1. The van der Waals surface area contributed by atoms with Crippen molar-refractivity contribution in [2.45, 2.75) is 38.4 Å². The molecule has 10 heteroatoms. The number of thiazole rings is 1. The van der Waals surface area contributed by atoms with E-state index in [1.807, 2.05) is 45.0 Å². The van der Waals surface area contributed by atoms with Crippen LogP contribution in [0.2, 0.25) is 0 Å². The van der Waals surface area contributed by atoms with Crippen LogP contribution in [0.25, 0.3) is 21.7 Å². The van der Waals surface area contributed by atoms with E-state index < -0.39 is 11.4 Å². The van der Waals surface area contributed by atoms with Gasteiger partial charge in [0, 0.05) is 6.04 Å². The van der Waals surface area contributed by atoms with Gasteiger partial charge in [0.25, 0.3) is 5.56 Å². The van der Waals surface area contributed by atoms with Crippen LogP contribution in [0.3, 0.4) is 0 Å². The molecule has 2 heterocycles. The van der Waals surface area contributed by atoms with E-state index in [0.29, 0.717) is 14.3 Å². The van der Waals surface area contributed by atoms with Gasteiger partial charge in [-0.25, -0.2) is 9.37 Å². The van der Waals surface area contributed by atoms with E-state index in [9.17, 15) is 14.0 Å². The Morgan fingerprint density at radius 1 is 1.18 bits per heavy atom. The Balaban J connectivity index is 1.92. The number of fused-ring (bicyclic) bond motifs is 1. The number of para-hydroxylation sites is 2. The molecule has 0 saturated carbocycles. The van der Waals surface area contributed by atoms with Crippen LogP contribution in [0.4, 0.5) is 4.39 Å². The number of aryl methyl sites for hydroxylation is 1. The molecular formula is C24H23FN4O2S3. The van der Waals surface area contributed by atoms with Gasteiger partial charge in [-0.2, -0.15) is 0 Å². The summed E-state index contributed by atoms with van der Waals surface area (Å²) in [5.74, 6) is -0.708. The topological polar surface area (TPSA) is 68.9 Å². The molecule has 1 atom stereocenters. The van der Waals surface area contributed by atoms with Crippen LogP contribution in [0, 0.1) is 16.7 Å². The van der Waals surface area contributed by atoms with Gasteiger partial charge < -0.3 is 5.32 Å². The minimum absolute atomic E-state index is 0.0279. The molecule has 6 nitrogen and oxygen atoms in total. The number of thioether (sulfide) groups is 1. The van der Waals surface area contributed by atoms with Crippen molar-refractivity contribution >= 4 is 51.6 Å². The third kappa shape index (κ3) is 4.70. The summed E-state index contributed by atoms with van der Waals surface area (Å²) in [7, 11) is 0. The van der Waals surface area contributed by atoms with E-state index in [4.69, 9.17) is 17.2 Å². The molecule has 34 heavy (non-hydrogen) atoms. The first-order valence-electron chi connectivity index (χ1n) is 10.7. The van der Waals surface area contributed by atoms with Gasteiger partial charge in [-0.15, -0.1) is 0 Å². The third-order valence-corrected chi connectivity index (χ3v) is 7.67. The van der Waals surface area contributed by atoms with E-state index in [-0.39, 0.29) is 28.5 Å². The summed E-state index contributed by atoms with van der Waals surface area (Å²) in [5, 5.41) is 3.12. The average molecular weight is 515 g/mol. The molecule has 2 aromatic carbocycles. The predicted octanol–water partition coefficient (Wildman–Crippen LogP) is 5.42. The first kappa shape index (κ1) is 24.3. The fourth-order valence-corrected chi connectivity index (χ4v) is 5.55. The monoisotopic (exact) mass is 514 g/mol. The SMILES string of the molecule is CC[C@@H](C)NC(=O)CSc1nc2c(sc(=S)n2-c2ccccc2C)c(=O)n1-c1ccccc1F. The molecule has 0 bridgehead atoms. The van der Waals surface area contributed by atoms with Gasteiger partial charge in [-0.05, 0) is 56.2 Å². The minimum atomic E-state index is -0.557. The summed E-state index contributed by atoms with van der Waals surface area (Å²) in [6.07, 6.45) is 0.799. The summed E-state index contributed by atoms with van der Waals surface area (Å²) in [6, 6.07) is 13.7. The minimum Gasteiger partial charge on any atom is -0.353 e. The lowest BCUT2D eigenvalue weighted by molar-refractivity contribution is -0.119. The van der Waals surface area contributed by atoms with Crippen LogP contribution in [0.15, 0.2) is 58.5 Å². The lowest BCUT2D eigenvalue weighted by atomic mass is 10.2. The second-order valence-electron chi connectivity index (χ2n) is 7.79. The first-order chi connectivity index (χ1) is 16.3. The maximum absolute atomic E-state index is 14.8. The number of carbonyl (C=O) groups is 1. The molecule has 1 N–H and O–H groups in total. The van der Waals surface area contributed by atoms with Gasteiger partial charge in [-0.1, -0.05) is 60.4 Å². The zero-order valence-corrected chi connectivity index (χ0v) is 21.3. The number of carbonyl (C=O) groups excluding carboxylic acids is 1. The van der Waals surface area contributed by atoms with E-state index in [1.165, 1.54) is 16.7 Å². The van der Waals surface area contributed by atoms with E-state index in [1.54, 1.807) is 16.7 Å². The number of hydrogen-bond acceptors (Lipinski definition) is 6. The van der Waals surface area contributed by atoms with Crippen molar-refractivity contribution in [3.8, 4) is 11.4 Å². The Morgan fingerprint density at radius 3 is 2.53 bits per heavy atom. The number of nitrogens with one attached hydrogen (secondary N) is 1. The number of halogens is 1. The highest BCUT2D eigenvalue weighted by atomic mass is 32.2. The molecule has 1 amide bonds. The number of amides is 1. The van der Waals surface area contributed by atoms with Gasteiger partial charge in [-0.3, -0.25) is 18.7 Å². The Morgan fingerprint density at radius 2 is 1.85 bits per heavy atom. The summed E-state index contributed by atoms with van der Waals surface area (Å²) in [5.41, 5.74) is 1.84. The molecule has 4 rings (SSSR count). The zero-order valence-electron chi connectivity index (χ0n) is 18.9. The van der Waals surface area contributed by atoms with E-state index in [0.717, 1.165) is 40.8 Å². The zero-order chi connectivity index (χ0) is 24.4. The number of rotatable bonds is 7. The molecule has 4 aromatic rings. The number of benzene rings is 2. The quantitative estimate of drug-likeness (QED) is 0.203. The van der Waals surface area contributed by atoms with Crippen molar-refractivity contribution in [1.29, 1.82) is 0 Å². The van der Waals surface area contributed by atoms with Crippen molar-refractivity contribution in [1.82, 2.24) is 19.4 Å². The molecule has 0 aliphatic heterocycles. The molecule has 0 aliphatic carbocycles. The Hall–Kier alpha value is -2.82. The lowest BCUT2D eigenvalue weighted by Gasteiger charge is -2.15. The highest BCUT2D eigenvalue weighted by Gasteiger charge is 2.21. The second kappa shape index (κ2) is 10.2. The maximum atomic E-state index is 14.8. The molecule has 0 spiro atoms. The van der Waals surface area contributed by atoms with E-state index >= 15 is 0 Å². The summed E-state index contributed by atoms with van der Waals surface area (Å²) < 4.78 is 18.5. The number of aromatic nitrogens is 3. The predicted molar refractivity (Wildman–Crippen MR) is 139 cm³/mol. The molecule has 0 radical (unpaired) electrons. The van der Waals surface area contributed by atoms with Crippen LogP contribution in [0.1, 0.15) is 25.8 Å². The lowest BCUT2D eigenvalue weighted by Crippen LogP contribution is -2.33. The summed E-state index contributed by atoms with van der Waals surface area (Å²) >= 11 is 7.83. The molecular weight excluding hydrogens is 491 g/mol. The van der Waals surface area contributed by atoms with E-state index in [2.05, 4.69) is 5.32 Å². The van der Waals surface area contributed by atoms with Gasteiger partial charge in [0.1, 0.15) is 10.5 Å². The van der Waals surface area contributed by atoms with Crippen LogP contribution in [-0.2, 0) is 4.79 Å². The Labute approximate surface area is 209 Å². The summed E-state index contributed by atoms with van der Waals surface area (Å²) in [4.78, 5) is 30.8. The van der Waals surface area contributed by atoms with Crippen molar-refractivity contribution in [3.05, 3.63) is 74.2 Å². The highest BCUT2D eigenvalue weighted by Crippen LogP contribution is 2.29. The van der Waals surface area contributed by atoms with Crippen LogP contribution in [-0.4, -0.2) is 31.8 Å². The van der Waals surface area contributed by atoms with Gasteiger partial charge in [0.15, 0.2) is 14.8 Å². The van der Waals surface area contributed by atoms with Crippen LogP contribution in [0.5, 0.6) is 0 Å². The summed E-state index contributed by atoms with van der Waals surface area (Å²) in [6.45, 7) is 5.86. The molecule has 0 unspecified atom stereocenters. The Bertz CT molecular complexity index is 1490. The van der Waals surface area contributed by atoms with Crippen molar-refractivity contribution in [2.24, 2.45) is 0 Å². The highest BCUT2D eigenvalue weighted by molar-refractivity contribution is 7.99. The second-order valence-corrected chi connectivity index (χ2v) is 10.4. The van der Waals surface area contributed by atoms with Gasteiger partial charge >= 0.3 is 0 Å². The van der Waals surface area contributed by atoms with Crippen molar-refractivity contribution < 1.29 is 9.18 Å². The molecule has 176 valence electrons. The molecule has 0 fully saturated rings. The number of nitrogens with zero attached hydrogens (tertiary/aromatic N) is 3. The van der Waals surface area contributed by atoms with Crippen molar-refractivity contribution in [3.63, 3.8) is 0 Å². The molecule has 2 aromatic heterocycles. The maximum Gasteiger partial charge on any atom is 0.278 e.